The van der Waals surface area contributed by atoms with Gasteiger partial charge < -0.3 is 0 Å². The van der Waals surface area contributed by atoms with E-state index in [9.17, 15) is 13.0 Å². The summed E-state index contributed by atoms with van der Waals surface area (Å²) < 4.78 is 31.8. The van der Waals surface area contributed by atoms with Gasteiger partial charge in [-0.05, 0) is 26.0 Å². The summed E-state index contributed by atoms with van der Waals surface area (Å²) in [7, 11) is -4.22. The number of hydrogen-bond acceptors (Lipinski definition) is 3. The number of hydrogen-bond donors (Lipinski definition) is 1. The first-order chi connectivity index (χ1) is 9.21. The summed E-state index contributed by atoms with van der Waals surface area (Å²) in [5, 5.41) is 0. The Balaban J connectivity index is 2.25. The fourth-order valence-electron chi connectivity index (χ4n) is 2.63. The maximum absolute atomic E-state index is 11.3. The molecule has 1 aliphatic carbocycles. The van der Waals surface area contributed by atoms with E-state index in [-0.39, 0.29) is 10.3 Å². The van der Waals surface area contributed by atoms with Crippen molar-refractivity contribution in [3.05, 3.63) is 53.6 Å². The van der Waals surface area contributed by atoms with Crippen molar-refractivity contribution in [1.82, 2.24) is 0 Å². The van der Waals surface area contributed by atoms with Crippen LogP contribution in [0.2, 0.25) is 0 Å². The summed E-state index contributed by atoms with van der Waals surface area (Å²) in [4.78, 5) is 4.34. The minimum atomic E-state index is -4.22. The molecule has 102 valence electrons. The maximum Gasteiger partial charge on any atom is 0.303 e. The van der Waals surface area contributed by atoms with Gasteiger partial charge in [-0.15, -0.1) is 0 Å². The van der Waals surface area contributed by atoms with Crippen molar-refractivity contribution < 1.29 is 13.0 Å². The standard InChI is InChI=1S/C15H13NO3S/c1-9-15(2,3)14-12-8-11(20(17,18)19)6-4-10(12)5-7-13(14)16-9/h4-8H,1H2,2-3H3/p+1. The topological polar surface area (TPSA) is 66.7 Å². The molecule has 0 amide bonds. The average Bonchev–Trinajstić information content (AvgIpc) is 2.58. The molecule has 4 nitrogen and oxygen atoms in total. The quantitative estimate of drug-likeness (QED) is 0.638. The van der Waals surface area contributed by atoms with Crippen molar-refractivity contribution in [2.24, 2.45) is 10.4 Å². The molecule has 5 heteroatoms. The Kier molecular flexibility index (Phi) is 2.52. The molecule has 0 fully saturated rings. The minimum absolute atomic E-state index is 0.105. The lowest BCUT2D eigenvalue weighted by atomic mass is 9.70. The summed E-state index contributed by atoms with van der Waals surface area (Å²) in [6, 6.07) is 4.59. The normalized spacial score (nSPS) is 19.6. The summed E-state index contributed by atoms with van der Waals surface area (Å²) >= 11 is 0. The van der Waals surface area contributed by atoms with Crippen LogP contribution in [0.15, 0.2) is 46.4 Å². The molecule has 0 spiro atoms. The molecular weight excluding hydrogens is 274 g/mol. The monoisotopic (exact) mass is 288 g/mol. The lowest BCUT2D eigenvalue weighted by Gasteiger charge is -2.25. The Labute approximate surface area is 118 Å². The Morgan fingerprint density at radius 1 is 1.30 bits per heavy atom. The van der Waals surface area contributed by atoms with E-state index < -0.39 is 10.1 Å². The maximum atomic E-state index is 11.3. The van der Waals surface area contributed by atoms with Gasteiger partial charge in [0.15, 0.2) is 5.71 Å². The molecule has 1 aliphatic heterocycles. The first kappa shape index (κ1) is 13.1. The highest BCUT2D eigenvalue weighted by molar-refractivity contribution is 7.85. The van der Waals surface area contributed by atoms with Gasteiger partial charge in [-0.2, -0.15) is 8.42 Å². The van der Waals surface area contributed by atoms with Gasteiger partial charge in [-0.25, -0.2) is 4.99 Å². The van der Waals surface area contributed by atoms with Crippen LogP contribution in [0.3, 0.4) is 0 Å². The number of allylic oxidation sites excluding steroid dienone is 2. The van der Waals surface area contributed by atoms with E-state index in [4.69, 9.17) is 0 Å². The van der Waals surface area contributed by atoms with Crippen LogP contribution in [0.1, 0.15) is 25.0 Å². The molecule has 0 saturated heterocycles. The molecule has 20 heavy (non-hydrogen) atoms. The van der Waals surface area contributed by atoms with Crippen molar-refractivity contribution in [1.29, 1.82) is 0 Å². The third-order valence-electron chi connectivity index (χ3n) is 3.87. The minimum Gasteiger partial charge on any atom is -0.281 e. The number of aliphatic imine (C=N–C) groups is 1. The molecule has 0 aromatic heterocycles. The number of rotatable bonds is 1. The van der Waals surface area contributed by atoms with E-state index in [1.807, 2.05) is 26.0 Å². The molecule has 1 aromatic rings. The van der Waals surface area contributed by atoms with Crippen molar-refractivity contribution >= 4 is 21.9 Å². The predicted octanol–water partition coefficient (Wildman–Crippen LogP) is 2.88. The molecule has 0 saturated carbocycles. The fourth-order valence-corrected chi connectivity index (χ4v) is 3.13. The van der Waals surface area contributed by atoms with E-state index in [0.717, 1.165) is 28.5 Å². The van der Waals surface area contributed by atoms with Gasteiger partial charge in [-0.1, -0.05) is 6.58 Å². The third-order valence-corrected chi connectivity index (χ3v) is 4.72. The lowest BCUT2D eigenvalue weighted by Crippen LogP contribution is -2.26. The van der Waals surface area contributed by atoms with Crippen molar-refractivity contribution in [2.45, 2.75) is 18.7 Å². The van der Waals surface area contributed by atoms with Gasteiger partial charge in [-0.3, -0.25) is 4.55 Å². The Hall–Kier alpha value is -1.85. The summed E-state index contributed by atoms with van der Waals surface area (Å²) in [6.07, 6.45) is 3.80. The molecule has 1 N–H and O–H groups in total. The number of fused-ring (bicyclic) bond motifs is 3. The molecular formula is C15H14NO3S+. The molecule has 0 bridgehead atoms. The molecule has 1 heterocycles. The third kappa shape index (κ3) is 1.74. The molecule has 1 aromatic carbocycles. The van der Waals surface area contributed by atoms with Crippen LogP contribution >= 0.6 is 0 Å². The predicted molar refractivity (Wildman–Crippen MR) is 78.0 cm³/mol. The summed E-state index contributed by atoms with van der Waals surface area (Å²) in [6.45, 7) is 7.97. The summed E-state index contributed by atoms with van der Waals surface area (Å²) in [5.74, 6) is 0.950. The fraction of sp³-hybridized carbons (Fsp3) is 0.200. The Morgan fingerprint density at radius 3 is 2.65 bits per heavy atom. The van der Waals surface area contributed by atoms with Crippen LogP contribution in [0, 0.1) is 11.3 Å². The first-order valence-electron chi connectivity index (χ1n) is 6.17. The van der Waals surface area contributed by atoms with Gasteiger partial charge in [0.2, 0.25) is 0 Å². The van der Waals surface area contributed by atoms with Crippen LogP contribution in [0.4, 0.5) is 0 Å². The van der Waals surface area contributed by atoms with Gasteiger partial charge in [0.25, 0.3) is 0 Å². The second-order valence-corrected chi connectivity index (χ2v) is 6.92. The first-order valence-corrected chi connectivity index (χ1v) is 7.61. The zero-order valence-corrected chi connectivity index (χ0v) is 12.0. The SMILES string of the molecule is C=C1N=C2C=Cc3ccc(S(=O)(=O)O)cc3[C+]2C1(C)C. The highest BCUT2D eigenvalue weighted by Gasteiger charge is 2.49. The molecule has 0 atom stereocenters. The highest BCUT2D eigenvalue weighted by atomic mass is 32.2. The van der Waals surface area contributed by atoms with Gasteiger partial charge in [0, 0.05) is 18.2 Å². The number of benzene rings is 1. The van der Waals surface area contributed by atoms with Crippen LogP contribution in [0.5, 0.6) is 0 Å². The van der Waals surface area contributed by atoms with Crippen molar-refractivity contribution in [2.75, 3.05) is 0 Å². The van der Waals surface area contributed by atoms with Gasteiger partial charge >= 0.3 is 10.1 Å². The summed E-state index contributed by atoms with van der Waals surface area (Å²) in [5.41, 5.74) is 2.89. The Morgan fingerprint density at radius 2 is 2.00 bits per heavy atom. The lowest BCUT2D eigenvalue weighted by molar-refractivity contribution is 0.482. The Bertz CT molecular complexity index is 785. The molecule has 0 unspecified atom stereocenters. The van der Waals surface area contributed by atoms with E-state index >= 15 is 0 Å². The van der Waals surface area contributed by atoms with Crippen molar-refractivity contribution in [3.8, 4) is 0 Å². The number of nitrogens with zero attached hydrogens (tertiary/aromatic N) is 1. The van der Waals surface area contributed by atoms with E-state index in [2.05, 4.69) is 11.6 Å². The largest absolute Gasteiger partial charge is 0.303 e. The highest BCUT2D eigenvalue weighted by Crippen LogP contribution is 2.49. The van der Waals surface area contributed by atoms with Gasteiger partial charge in [0.1, 0.15) is 10.5 Å². The van der Waals surface area contributed by atoms with Crippen LogP contribution in [-0.4, -0.2) is 18.7 Å². The second-order valence-electron chi connectivity index (χ2n) is 5.50. The zero-order valence-electron chi connectivity index (χ0n) is 11.2. The molecule has 0 radical (unpaired) electrons. The van der Waals surface area contributed by atoms with E-state index in [1.54, 1.807) is 6.07 Å². The van der Waals surface area contributed by atoms with Crippen LogP contribution in [0.25, 0.3) is 6.08 Å². The zero-order chi connectivity index (χ0) is 14.7. The van der Waals surface area contributed by atoms with E-state index in [1.165, 1.54) is 12.1 Å². The second kappa shape index (κ2) is 3.84. The van der Waals surface area contributed by atoms with Crippen LogP contribution < -0.4 is 0 Å². The van der Waals surface area contributed by atoms with Crippen LogP contribution in [-0.2, 0) is 10.1 Å². The molecule has 3 rings (SSSR count). The smallest absolute Gasteiger partial charge is 0.281 e. The van der Waals surface area contributed by atoms with E-state index in [0.29, 0.717) is 0 Å². The van der Waals surface area contributed by atoms with Gasteiger partial charge in [0.05, 0.1) is 22.6 Å². The molecule has 2 aliphatic rings. The van der Waals surface area contributed by atoms with Crippen molar-refractivity contribution in [3.63, 3.8) is 0 Å². The average molecular weight is 288 g/mol.